The van der Waals surface area contributed by atoms with Crippen LogP contribution in [0.4, 0.5) is 5.95 Å². The van der Waals surface area contributed by atoms with Gasteiger partial charge in [-0.2, -0.15) is 9.97 Å². The monoisotopic (exact) mass is 268 g/mol. The fourth-order valence-electron chi connectivity index (χ4n) is 1.34. The summed E-state index contributed by atoms with van der Waals surface area (Å²) < 4.78 is 3.95. The van der Waals surface area contributed by atoms with E-state index in [1.807, 2.05) is 6.26 Å². The average Bonchev–Trinajstić information content (AvgIpc) is 2.77. The Morgan fingerprint density at radius 1 is 1.29 bits per heavy atom. The molecule has 0 saturated carbocycles. The van der Waals surface area contributed by atoms with E-state index in [1.165, 1.54) is 23.3 Å². The van der Waals surface area contributed by atoms with Crippen molar-refractivity contribution < 1.29 is 0 Å². The minimum Gasteiger partial charge on any atom is -0.368 e. The quantitative estimate of drug-likeness (QED) is 0.843. The first-order chi connectivity index (χ1) is 8.24. The molecular weight excluding hydrogens is 256 g/mol. The second-order valence-corrected chi connectivity index (χ2v) is 4.83. The van der Waals surface area contributed by atoms with Gasteiger partial charge < -0.3 is 5.73 Å². The molecule has 0 fully saturated rings. The molecule has 0 amide bonds. The van der Waals surface area contributed by atoms with Crippen LogP contribution in [0.3, 0.4) is 0 Å². The summed E-state index contributed by atoms with van der Waals surface area (Å²) >= 11 is 2.73. The number of hydrogen-bond acceptors (Lipinski definition) is 8. The molecule has 0 unspecified atom stereocenters. The summed E-state index contributed by atoms with van der Waals surface area (Å²) in [7, 11) is 0. The summed E-state index contributed by atoms with van der Waals surface area (Å²) in [6.45, 7) is 2.10. The van der Waals surface area contributed by atoms with Gasteiger partial charge in [0, 0.05) is 0 Å². The highest BCUT2D eigenvalue weighted by Gasteiger charge is 2.14. The van der Waals surface area contributed by atoms with Crippen molar-refractivity contribution in [2.45, 2.75) is 24.9 Å². The van der Waals surface area contributed by atoms with Crippen molar-refractivity contribution in [2.75, 3.05) is 12.0 Å². The molecule has 6 nitrogen and oxygen atoms in total. The Labute approximate surface area is 107 Å². The predicted molar refractivity (Wildman–Crippen MR) is 68.9 cm³/mol. The first kappa shape index (κ1) is 12.2. The molecule has 0 atom stereocenters. The van der Waals surface area contributed by atoms with Crippen LogP contribution in [0.1, 0.15) is 19.0 Å². The normalized spacial score (nSPS) is 10.7. The third kappa shape index (κ3) is 2.70. The molecule has 8 heteroatoms. The maximum Gasteiger partial charge on any atom is 0.224 e. The predicted octanol–water partition coefficient (Wildman–Crippen LogP) is 1.65. The lowest BCUT2D eigenvalue weighted by Crippen LogP contribution is -2.01. The standard InChI is InChI=1S/C9H12N6S2/c1-3-4-5-6(17-15-14-5)7-11-8(10)13-9(12-7)16-2/h3-4H2,1-2H3,(H2,10,11,12,13). The van der Waals surface area contributed by atoms with Gasteiger partial charge in [0.2, 0.25) is 5.95 Å². The number of aromatic nitrogens is 5. The van der Waals surface area contributed by atoms with Gasteiger partial charge in [0.05, 0.1) is 5.69 Å². The zero-order valence-electron chi connectivity index (χ0n) is 9.54. The lowest BCUT2D eigenvalue weighted by atomic mass is 10.2. The Morgan fingerprint density at radius 3 is 2.82 bits per heavy atom. The molecular formula is C9H12N6S2. The molecule has 90 valence electrons. The molecule has 0 aromatic carbocycles. The summed E-state index contributed by atoms with van der Waals surface area (Å²) in [5.41, 5.74) is 6.58. The number of aryl methyl sites for hydroxylation is 1. The Bertz CT molecular complexity index is 512. The zero-order chi connectivity index (χ0) is 12.3. The molecule has 2 rings (SSSR count). The first-order valence-electron chi connectivity index (χ1n) is 5.11. The van der Waals surface area contributed by atoms with Gasteiger partial charge in [-0.15, -0.1) is 5.10 Å². The van der Waals surface area contributed by atoms with E-state index in [0.29, 0.717) is 11.0 Å². The molecule has 2 aromatic heterocycles. The lowest BCUT2D eigenvalue weighted by Gasteiger charge is -2.01. The van der Waals surface area contributed by atoms with Gasteiger partial charge in [0.25, 0.3) is 0 Å². The third-order valence-electron chi connectivity index (χ3n) is 2.06. The molecule has 0 saturated heterocycles. The van der Waals surface area contributed by atoms with Crippen molar-refractivity contribution >= 4 is 29.2 Å². The maximum absolute atomic E-state index is 5.65. The average molecular weight is 268 g/mol. The van der Waals surface area contributed by atoms with Crippen LogP contribution in [0.15, 0.2) is 5.16 Å². The number of nitrogens with zero attached hydrogens (tertiary/aromatic N) is 5. The van der Waals surface area contributed by atoms with Gasteiger partial charge in [-0.1, -0.05) is 29.6 Å². The number of hydrogen-bond donors (Lipinski definition) is 1. The number of thioether (sulfide) groups is 1. The van der Waals surface area contributed by atoms with E-state index in [2.05, 4.69) is 31.5 Å². The number of rotatable bonds is 4. The van der Waals surface area contributed by atoms with E-state index in [1.54, 1.807) is 0 Å². The van der Waals surface area contributed by atoms with Crippen molar-refractivity contribution in [1.29, 1.82) is 0 Å². The van der Waals surface area contributed by atoms with Gasteiger partial charge in [0.15, 0.2) is 11.0 Å². The van der Waals surface area contributed by atoms with Gasteiger partial charge >= 0.3 is 0 Å². The molecule has 0 radical (unpaired) electrons. The van der Waals surface area contributed by atoms with Gasteiger partial charge in [-0.05, 0) is 24.2 Å². The molecule has 0 spiro atoms. The van der Waals surface area contributed by atoms with Gasteiger partial charge in [-0.25, -0.2) is 4.98 Å². The Kier molecular flexibility index (Phi) is 3.85. The lowest BCUT2D eigenvalue weighted by molar-refractivity contribution is 0.864. The van der Waals surface area contributed by atoms with Crippen LogP contribution in [0, 0.1) is 0 Å². The molecule has 0 bridgehead atoms. The van der Waals surface area contributed by atoms with E-state index >= 15 is 0 Å². The van der Waals surface area contributed by atoms with E-state index in [-0.39, 0.29) is 5.95 Å². The molecule has 17 heavy (non-hydrogen) atoms. The topological polar surface area (TPSA) is 90.5 Å². The summed E-state index contributed by atoms with van der Waals surface area (Å²) in [6.07, 6.45) is 3.77. The summed E-state index contributed by atoms with van der Waals surface area (Å²) in [4.78, 5) is 13.4. The highest BCUT2D eigenvalue weighted by atomic mass is 32.2. The van der Waals surface area contributed by atoms with Crippen LogP contribution >= 0.6 is 23.3 Å². The summed E-state index contributed by atoms with van der Waals surface area (Å²) in [5, 5.41) is 4.70. The van der Waals surface area contributed by atoms with E-state index in [9.17, 15) is 0 Å². The summed E-state index contributed by atoms with van der Waals surface area (Å²) in [5.74, 6) is 0.801. The second kappa shape index (κ2) is 5.37. The van der Waals surface area contributed by atoms with Gasteiger partial charge in [-0.3, -0.25) is 0 Å². The SMILES string of the molecule is CCCc1nnsc1-c1nc(N)nc(SC)n1. The van der Waals surface area contributed by atoms with Gasteiger partial charge in [0.1, 0.15) is 4.88 Å². The molecule has 0 aliphatic rings. The van der Waals surface area contributed by atoms with Crippen LogP contribution in [-0.4, -0.2) is 30.8 Å². The largest absolute Gasteiger partial charge is 0.368 e. The van der Waals surface area contributed by atoms with Crippen molar-refractivity contribution in [3.05, 3.63) is 5.69 Å². The van der Waals surface area contributed by atoms with Crippen LogP contribution < -0.4 is 5.73 Å². The molecule has 2 heterocycles. The highest BCUT2D eigenvalue weighted by molar-refractivity contribution is 7.98. The highest BCUT2D eigenvalue weighted by Crippen LogP contribution is 2.25. The van der Waals surface area contributed by atoms with E-state index in [0.717, 1.165) is 23.4 Å². The van der Waals surface area contributed by atoms with Crippen LogP contribution in [0.2, 0.25) is 0 Å². The third-order valence-corrected chi connectivity index (χ3v) is 3.37. The Hall–Kier alpha value is -1.28. The molecule has 0 aliphatic heterocycles. The van der Waals surface area contributed by atoms with Crippen molar-refractivity contribution in [3.63, 3.8) is 0 Å². The Balaban J connectivity index is 2.44. The molecule has 2 aromatic rings. The number of anilines is 1. The van der Waals surface area contributed by atoms with Crippen molar-refractivity contribution in [2.24, 2.45) is 0 Å². The molecule has 0 aliphatic carbocycles. The minimum absolute atomic E-state index is 0.232. The van der Waals surface area contributed by atoms with E-state index < -0.39 is 0 Å². The fourth-order valence-corrected chi connectivity index (χ4v) is 2.35. The van der Waals surface area contributed by atoms with Crippen molar-refractivity contribution in [3.8, 4) is 10.7 Å². The zero-order valence-corrected chi connectivity index (χ0v) is 11.2. The second-order valence-electron chi connectivity index (χ2n) is 3.30. The summed E-state index contributed by atoms with van der Waals surface area (Å²) in [6, 6.07) is 0. The van der Waals surface area contributed by atoms with Crippen LogP contribution in [0.5, 0.6) is 0 Å². The number of nitrogen functional groups attached to an aromatic ring is 1. The minimum atomic E-state index is 0.232. The first-order valence-corrected chi connectivity index (χ1v) is 7.11. The Morgan fingerprint density at radius 2 is 2.12 bits per heavy atom. The fraction of sp³-hybridized carbons (Fsp3) is 0.444. The van der Waals surface area contributed by atoms with Crippen molar-refractivity contribution in [1.82, 2.24) is 24.5 Å². The van der Waals surface area contributed by atoms with Crippen LogP contribution in [-0.2, 0) is 6.42 Å². The maximum atomic E-state index is 5.65. The van der Waals surface area contributed by atoms with E-state index in [4.69, 9.17) is 5.73 Å². The number of nitrogens with two attached hydrogens (primary N) is 1. The smallest absolute Gasteiger partial charge is 0.224 e. The van der Waals surface area contributed by atoms with Crippen LogP contribution in [0.25, 0.3) is 10.7 Å². The molecule has 2 N–H and O–H groups in total.